The van der Waals surface area contributed by atoms with Crippen molar-refractivity contribution in [3.8, 4) is 5.75 Å². The van der Waals surface area contributed by atoms with Crippen LogP contribution in [0.5, 0.6) is 5.75 Å². The van der Waals surface area contributed by atoms with Crippen LogP contribution in [0.25, 0.3) is 0 Å². The summed E-state index contributed by atoms with van der Waals surface area (Å²) in [7, 11) is 5.34. The summed E-state index contributed by atoms with van der Waals surface area (Å²) in [5, 5.41) is 0. The Bertz CT molecular complexity index is 1280. The summed E-state index contributed by atoms with van der Waals surface area (Å²) in [6.45, 7) is 12.9. The molecule has 4 rings (SSSR count). The second-order valence-electron chi connectivity index (χ2n) is 15.8. The minimum absolute atomic E-state index is 0.0906. The van der Waals surface area contributed by atoms with E-state index in [1.54, 1.807) is 32.7 Å². The average molecular weight is 684 g/mol. The van der Waals surface area contributed by atoms with Crippen LogP contribution >= 0.6 is 0 Å². The minimum atomic E-state index is -0.663. The van der Waals surface area contributed by atoms with Gasteiger partial charge in [-0.2, -0.15) is 0 Å². The third-order valence-electron chi connectivity index (χ3n) is 10.7. The Balaban J connectivity index is 1.44. The van der Waals surface area contributed by atoms with Gasteiger partial charge in [0.05, 0.1) is 18.7 Å². The number of ether oxygens (including phenoxy) is 2. The summed E-state index contributed by atoms with van der Waals surface area (Å²) < 4.78 is 12.1. The first-order valence-corrected chi connectivity index (χ1v) is 18.4. The number of piperidine rings is 2. The lowest BCUT2D eigenvalue weighted by Gasteiger charge is -2.42. The summed E-state index contributed by atoms with van der Waals surface area (Å²) >= 11 is 0. The van der Waals surface area contributed by atoms with Gasteiger partial charge in [0, 0.05) is 52.7 Å². The van der Waals surface area contributed by atoms with Crippen LogP contribution in [0.15, 0.2) is 24.3 Å². The fourth-order valence-corrected chi connectivity index (χ4v) is 7.16. The van der Waals surface area contributed by atoms with Gasteiger partial charge >= 0.3 is 6.09 Å². The van der Waals surface area contributed by atoms with E-state index >= 15 is 0 Å². The van der Waals surface area contributed by atoms with E-state index in [0.717, 1.165) is 58.0 Å². The van der Waals surface area contributed by atoms with Crippen LogP contribution in [0.2, 0.25) is 0 Å². The highest BCUT2D eigenvalue weighted by Crippen LogP contribution is 2.38. The van der Waals surface area contributed by atoms with Gasteiger partial charge < -0.3 is 29.1 Å². The Morgan fingerprint density at radius 1 is 0.980 bits per heavy atom. The topological polar surface area (TPSA) is 103 Å². The van der Waals surface area contributed by atoms with Crippen molar-refractivity contribution in [3.05, 3.63) is 29.8 Å². The Hall–Kier alpha value is -3.34. The number of hydrogen-bond acceptors (Lipinski definition) is 7. The molecule has 49 heavy (non-hydrogen) atoms. The summed E-state index contributed by atoms with van der Waals surface area (Å²) in [6, 6.07) is 6.60. The molecule has 274 valence electrons. The molecule has 11 nitrogen and oxygen atoms in total. The second kappa shape index (κ2) is 17.1. The number of carbonyl (C=O) groups excluding carboxylic acids is 4. The molecule has 1 spiro atoms. The van der Waals surface area contributed by atoms with Crippen LogP contribution in [0.4, 0.5) is 4.79 Å². The number of para-hydroxylation sites is 1. The third-order valence-corrected chi connectivity index (χ3v) is 10.7. The quantitative estimate of drug-likeness (QED) is 0.410. The van der Waals surface area contributed by atoms with Crippen molar-refractivity contribution < 1.29 is 28.7 Å². The lowest BCUT2D eigenvalue weighted by atomic mass is 9.75. The molecular weight excluding hydrogens is 622 g/mol. The first kappa shape index (κ1) is 38.5. The highest BCUT2D eigenvalue weighted by Gasteiger charge is 2.39. The van der Waals surface area contributed by atoms with Gasteiger partial charge in [0.2, 0.25) is 11.8 Å². The Morgan fingerprint density at radius 3 is 2.33 bits per heavy atom. The summed E-state index contributed by atoms with van der Waals surface area (Å²) in [5.41, 5.74) is -0.287. The van der Waals surface area contributed by atoms with Crippen LogP contribution in [0.1, 0.15) is 95.8 Å². The molecule has 3 aliphatic heterocycles. The summed E-state index contributed by atoms with van der Waals surface area (Å²) in [5.74, 6) is 0.945. The highest BCUT2D eigenvalue weighted by molar-refractivity contribution is 5.99. The number of likely N-dealkylation sites (N-methyl/N-ethyl adjacent to an activating group) is 3. The van der Waals surface area contributed by atoms with Crippen molar-refractivity contribution in [1.29, 1.82) is 0 Å². The van der Waals surface area contributed by atoms with Crippen molar-refractivity contribution in [2.45, 2.75) is 97.1 Å². The van der Waals surface area contributed by atoms with Crippen LogP contribution in [-0.4, -0.2) is 134 Å². The molecule has 3 aliphatic rings. The first-order chi connectivity index (χ1) is 23.2. The fraction of sp³-hybridized carbons (Fsp3) is 0.737. The van der Waals surface area contributed by atoms with Gasteiger partial charge in [-0.25, -0.2) is 4.79 Å². The number of fused-ring (bicyclic) bond motifs is 1. The molecule has 0 aliphatic carbocycles. The molecule has 0 radical (unpaired) electrons. The van der Waals surface area contributed by atoms with E-state index in [4.69, 9.17) is 9.47 Å². The van der Waals surface area contributed by atoms with E-state index in [-0.39, 0.29) is 29.2 Å². The predicted molar refractivity (Wildman–Crippen MR) is 190 cm³/mol. The van der Waals surface area contributed by atoms with Gasteiger partial charge in [-0.15, -0.1) is 0 Å². The second-order valence-corrected chi connectivity index (χ2v) is 15.8. The van der Waals surface area contributed by atoms with Gasteiger partial charge in [0.15, 0.2) is 0 Å². The zero-order valence-corrected chi connectivity index (χ0v) is 31.2. The normalized spacial score (nSPS) is 21.9. The lowest BCUT2D eigenvalue weighted by Crippen LogP contribution is -2.49. The molecule has 1 atom stereocenters. The van der Waals surface area contributed by atoms with Crippen molar-refractivity contribution in [3.63, 3.8) is 0 Å². The number of benzene rings is 1. The van der Waals surface area contributed by atoms with Crippen LogP contribution < -0.4 is 4.74 Å². The van der Waals surface area contributed by atoms with Crippen LogP contribution in [0, 0.1) is 11.3 Å². The minimum Gasteiger partial charge on any atom is -0.492 e. The lowest BCUT2D eigenvalue weighted by molar-refractivity contribution is -0.134. The maximum Gasteiger partial charge on any atom is 0.410 e. The molecule has 0 unspecified atom stereocenters. The molecule has 0 N–H and O–H groups in total. The maximum atomic E-state index is 14.1. The monoisotopic (exact) mass is 683 g/mol. The molecular formula is C38H61N5O6. The van der Waals surface area contributed by atoms with Crippen molar-refractivity contribution in [2.75, 3.05) is 73.6 Å². The van der Waals surface area contributed by atoms with E-state index in [1.165, 1.54) is 0 Å². The van der Waals surface area contributed by atoms with Gasteiger partial charge in [0.1, 0.15) is 17.4 Å². The van der Waals surface area contributed by atoms with Gasteiger partial charge in [0.25, 0.3) is 5.91 Å². The molecule has 11 heteroatoms. The third kappa shape index (κ3) is 10.8. The van der Waals surface area contributed by atoms with E-state index in [2.05, 4.69) is 11.8 Å². The van der Waals surface area contributed by atoms with E-state index in [9.17, 15) is 19.2 Å². The van der Waals surface area contributed by atoms with Crippen LogP contribution in [0.3, 0.4) is 0 Å². The smallest absolute Gasteiger partial charge is 0.410 e. The first-order valence-electron chi connectivity index (χ1n) is 18.4. The Labute approximate surface area is 294 Å². The summed E-state index contributed by atoms with van der Waals surface area (Å²) in [4.78, 5) is 62.8. The Morgan fingerprint density at radius 2 is 1.65 bits per heavy atom. The number of nitrogens with zero attached hydrogens (tertiary/aromatic N) is 5. The molecule has 0 aromatic heterocycles. The molecule has 1 aromatic carbocycles. The van der Waals surface area contributed by atoms with E-state index < -0.39 is 11.6 Å². The number of hydrogen-bond donors (Lipinski definition) is 0. The molecule has 2 fully saturated rings. The molecule has 0 bridgehead atoms. The number of amides is 4. The number of rotatable bonds is 6. The molecule has 1 aromatic rings. The van der Waals surface area contributed by atoms with Gasteiger partial charge in [-0.05, 0) is 103 Å². The molecule has 4 amide bonds. The largest absolute Gasteiger partial charge is 0.492 e. The van der Waals surface area contributed by atoms with Gasteiger partial charge in [-0.1, -0.05) is 25.5 Å². The van der Waals surface area contributed by atoms with Crippen molar-refractivity contribution in [2.24, 2.45) is 11.3 Å². The Kier molecular flexibility index (Phi) is 13.4. The molecule has 0 saturated carbocycles. The average Bonchev–Trinajstić information content (AvgIpc) is 3.07. The standard InChI is InChI=1S/C38H61N5O6/c1-29-16-23-42(24-17-29)27-33(44)39(5)22-12-14-31-35(46)40(6)21-11-10-18-38(19-25-43(26-20-38)36(47)49-37(2,3)4)28-48-32-15-9-8-13-30(32)34(45)41(31)7/h8-9,13,15,29,31H,10-12,14,16-28H2,1-7H3/t31-/m0/s1. The maximum absolute atomic E-state index is 14.1. The van der Waals surface area contributed by atoms with Crippen LogP contribution in [-0.2, 0) is 14.3 Å². The number of likely N-dealkylation sites (tertiary alicyclic amines) is 2. The highest BCUT2D eigenvalue weighted by atomic mass is 16.6. The number of carbonyl (C=O) groups is 4. The molecule has 3 heterocycles. The van der Waals surface area contributed by atoms with E-state index in [0.29, 0.717) is 69.4 Å². The molecule has 2 saturated heterocycles. The summed E-state index contributed by atoms with van der Waals surface area (Å²) in [6.07, 6.45) is 7.19. The van der Waals surface area contributed by atoms with Gasteiger partial charge in [-0.3, -0.25) is 19.3 Å². The zero-order valence-electron chi connectivity index (χ0n) is 31.2. The van der Waals surface area contributed by atoms with E-state index in [1.807, 2.05) is 53.1 Å². The van der Waals surface area contributed by atoms with Crippen molar-refractivity contribution >= 4 is 23.8 Å². The SMILES string of the molecule is CC1CCN(CC(=O)N(C)CCC[C@H]2C(=O)N(C)CCCCC3(CCN(C(=O)OC(C)(C)C)CC3)COc3ccccc3C(=O)N2C)CC1. The van der Waals surface area contributed by atoms with Crippen molar-refractivity contribution in [1.82, 2.24) is 24.5 Å². The fourth-order valence-electron chi connectivity index (χ4n) is 7.16. The predicted octanol–water partition coefficient (Wildman–Crippen LogP) is 5.14. The zero-order chi connectivity index (χ0) is 35.8.